The number of likely N-dealkylation sites (tertiary alicyclic amines) is 1. The number of hydrogen-bond donors (Lipinski definition) is 1. The van der Waals surface area contributed by atoms with Crippen molar-refractivity contribution in [2.45, 2.75) is 19.3 Å². The van der Waals surface area contributed by atoms with Gasteiger partial charge in [-0.3, -0.25) is 4.90 Å². The number of pyridine rings is 1. The van der Waals surface area contributed by atoms with E-state index in [1.54, 1.807) is 6.20 Å². The molecule has 0 bridgehead atoms. The van der Waals surface area contributed by atoms with Gasteiger partial charge in [-0.2, -0.15) is 5.26 Å². The minimum Gasteiger partial charge on any atom is -0.492 e. The second kappa shape index (κ2) is 7.59. The number of rotatable bonds is 5. The summed E-state index contributed by atoms with van der Waals surface area (Å²) in [7, 11) is 0. The Hall–Kier alpha value is -2.84. The fourth-order valence-corrected chi connectivity index (χ4v) is 3.49. The number of fused-ring (bicyclic) bond motifs is 1. The van der Waals surface area contributed by atoms with Crippen molar-refractivity contribution in [2.75, 3.05) is 26.2 Å². The average molecular weight is 346 g/mol. The average Bonchev–Trinajstić information content (AvgIpc) is 3.11. The third-order valence-electron chi connectivity index (χ3n) is 4.94. The van der Waals surface area contributed by atoms with Crippen molar-refractivity contribution < 1.29 is 4.74 Å². The van der Waals surface area contributed by atoms with Crippen LogP contribution in [-0.2, 0) is 0 Å². The van der Waals surface area contributed by atoms with Gasteiger partial charge in [0.2, 0.25) is 0 Å². The maximum absolute atomic E-state index is 9.21. The number of nitrogens with zero attached hydrogens (tertiary/aromatic N) is 3. The smallest absolute Gasteiger partial charge is 0.138 e. The number of benzene rings is 1. The number of H-pyrrole nitrogens is 1. The molecule has 0 spiro atoms. The highest BCUT2D eigenvalue weighted by Crippen LogP contribution is 2.27. The Morgan fingerprint density at radius 1 is 1.15 bits per heavy atom. The minimum atomic E-state index is 0.614. The van der Waals surface area contributed by atoms with Gasteiger partial charge in [-0.15, -0.1) is 0 Å². The number of aromatic nitrogens is 2. The Morgan fingerprint density at radius 2 is 2.04 bits per heavy atom. The van der Waals surface area contributed by atoms with Crippen LogP contribution in [0.25, 0.3) is 22.2 Å². The fourth-order valence-electron chi connectivity index (χ4n) is 3.49. The fraction of sp³-hybridized carbons (Fsp3) is 0.333. The first-order valence-electron chi connectivity index (χ1n) is 9.16. The summed E-state index contributed by atoms with van der Waals surface area (Å²) in [6, 6.07) is 12.3. The molecule has 5 nitrogen and oxygen atoms in total. The Labute approximate surface area is 153 Å². The van der Waals surface area contributed by atoms with Gasteiger partial charge in [0.25, 0.3) is 0 Å². The summed E-state index contributed by atoms with van der Waals surface area (Å²) in [5.74, 6) is 0.870. The van der Waals surface area contributed by atoms with Gasteiger partial charge in [0.15, 0.2) is 0 Å². The molecule has 0 aliphatic carbocycles. The van der Waals surface area contributed by atoms with Crippen LogP contribution in [0.15, 0.2) is 42.7 Å². The lowest BCUT2D eigenvalue weighted by atomic mass is 10.1. The van der Waals surface area contributed by atoms with Crippen molar-refractivity contribution in [2.24, 2.45) is 0 Å². The number of nitrogens with one attached hydrogen (secondary N) is 1. The zero-order chi connectivity index (χ0) is 17.8. The second-order valence-electron chi connectivity index (χ2n) is 6.71. The molecule has 3 heterocycles. The van der Waals surface area contributed by atoms with Gasteiger partial charge in [0, 0.05) is 29.9 Å². The molecule has 3 aromatic rings. The molecule has 0 amide bonds. The molecule has 1 N–H and O–H groups in total. The lowest BCUT2D eigenvalue weighted by molar-refractivity contribution is 0.183. The second-order valence-corrected chi connectivity index (χ2v) is 6.71. The number of piperidine rings is 1. The highest BCUT2D eigenvalue weighted by molar-refractivity contribution is 5.86. The van der Waals surface area contributed by atoms with E-state index in [1.807, 2.05) is 36.5 Å². The van der Waals surface area contributed by atoms with Gasteiger partial charge >= 0.3 is 0 Å². The molecule has 5 heteroatoms. The van der Waals surface area contributed by atoms with E-state index < -0.39 is 0 Å². The molecule has 1 aromatic carbocycles. The van der Waals surface area contributed by atoms with Gasteiger partial charge in [-0.25, -0.2) is 4.98 Å². The van der Waals surface area contributed by atoms with Gasteiger partial charge in [0.05, 0.1) is 5.56 Å². The number of ether oxygens (including phenoxy) is 1. The quantitative estimate of drug-likeness (QED) is 0.759. The highest BCUT2D eigenvalue weighted by atomic mass is 16.5. The zero-order valence-corrected chi connectivity index (χ0v) is 14.7. The van der Waals surface area contributed by atoms with E-state index in [0.29, 0.717) is 12.2 Å². The predicted octanol–water partition coefficient (Wildman–Crippen LogP) is 3.97. The van der Waals surface area contributed by atoms with Crippen molar-refractivity contribution in [3.8, 4) is 22.9 Å². The molecule has 1 aliphatic heterocycles. The van der Waals surface area contributed by atoms with E-state index in [4.69, 9.17) is 4.74 Å². The molecule has 1 fully saturated rings. The SMILES string of the molecule is N#Cc1c[nH]c2ncc(-c3cccc(OCCN4CCCCC4)c3)cc12. The predicted molar refractivity (Wildman–Crippen MR) is 102 cm³/mol. The van der Waals surface area contributed by atoms with E-state index in [9.17, 15) is 5.26 Å². The van der Waals surface area contributed by atoms with Crippen LogP contribution >= 0.6 is 0 Å². The molecular weight excluding hydrogens is 324 g/mol. The minimum absolute atomic E-state index is 0.614. The normalized spacial score (nSPS) is 15.0. The van der Waals surface area contributed by atoms with E-state index in [1.165, 1.54) is 32.4 Å². The topological polar surface area (TPSA) is 64.9 Å². The molecule has 4 rings (SSSR count). The van der Waals surface area contributed by atoms with E-state index in [2.05, 4.69) is 20.9 Å². The molecule has 0 unspecified atom stereocenters. The van der Waals surface area contributed by atoms with Gasteiger partial charge in [-0.1, -0.05) is 18.6 Å². The number of aromatic amines is 1. The van der Waals surface area contributed by atoms with Crippen LogP contribution in [0.3, 0.4) is 0 Å². The van der Waals surface area contributed by atoms with E-state index in [0.717, 1.165) is 34.5 Å². The lowest BCUT2D eigenvalue weighted by Gasteiger charge is -2.26. The van der Waals surface area contributed by atoms with Crippen LogP contribution in [0.4, 0.5) is 0 Å². The summed E-state index contributed by atoms with van der Waals surface area (Å²) in [6.07, 6.45) is 7.48. The van der Waals surface area contributed by atoms with Crippen LogP contribution in [-0.4, -0.2) is 41.1 Å². The Morgan fingerprint density at radius 3 is 2.88 bits per heavy atom. The summed E-state index contributed by atoms with van der Waals surface area (Å²) in [4.78, 5) is 9.92. The lowest BCUT2D eigenvalue weighted by Crippen LogP contribution is -2.33. The standard InChI is InChI=1S/C21H22N4O/c22-13-18-15-24-21-20(18)12-17(14-23-21)16-5-4-6-19(11-16)26-10-9-25-7-2-1-3-8-25/h4-6,11-12,14-15H,1-3,7-10H2,(H,23,24). The van der Waals surface area contributed by atoms with Gasteiger partial charge < -0.3 is 9.72 Å². The molecular formula is C21H22N4O. The Kier molecular flexibility index (Phi) is 4.85. The summed E-state index contributed by atoms with van der Waals surface area (Å²) >= 11 is 0. The first-order valence-corrected chi connectivity index (χ1v) is 9.16. The van der Waals surface area contributed by atoms with Crippen LogP contribution in [0.5, 0.6) is 5.75 Å². The summed E-state index contributed by atoms with van der Waals surface area (Å²) in [6.45, 7) is 4.06. The van der Waals surface area contributed by atoms with Crippen molar-refractivity contribution in [3.63, 3.8) is 0 Å². The molecule has 0 saturated carbocycles. The molecule has 2 aromatic heterocycles. The molecule has 26 heavy (non-hydrogen) atoms. The molecule has 0 radical (unpaired) electrons. The summed E-state index contributed by atoms with van der Waals surface area (Å²) < 4.78 is 5.97. The van der Waals surface area contributed by atoms with Crippen LogP contribution in [0.2, 0.25) is 0 Å². The number of nitriles is 1. The van der Waals surface area contributed by atoms with Crippen LogP contribution in [0.1, 0.15) is 24.8 Å². The monoisotopic (exact) mass is 346 g/mol. The van der Waals surface area contributed by atoms with Crippen molar-refractivity contribution in [1.82, 2.24) is 14.9 Å². The molecule has 132 valence electrons. The van der Waals surface area contributed by atoms with Crippen molar-refractivity contribution in [1.29, 1.82) is 5.26 Å². The first kappa shape index (κ1) is 16.6. The highest BCUT2D eigenvalue weighted by Gasteiger charge is 2.10. The zero-order valence-electron chi connectivity index (χ0n) is 14.7. The maximum atomic E-state index is 9.21. The summed E-state index contributed by atoms with van der Waals surface area (Å²) in [5, 5.41) is 10.1. The maximum Gasteiger partial charge on any atom is 0.138 e. The van der Waals surface area contributed by atoms with E-state index >= 15 is 0 Å². The van der Waals surface area contributed by atoms with Crippen molar-refractivity contribution in [3.05, 3.63) is 48.3 Å². The number of hydrogen-bond acceptors (Lipinski definition) is 4. The summed E-state index contributed by atoms with van der Waals surface area (Å²) in [5.41, 5.74) is 3.37. The Balaban J connectivity index is 1.47. The van der Waals surface area contributed by atoms with Gasteiger partial charge in [0.1, 0.15) is 24.1 Å². The molecule has 1 saturated heterocycles. The Bertz CT molecular complexity index is 935. The molecule has 1 aliphatic rings. The third kappa shape index (κ3) is 3.56. The van der Waals surface area contributed by atoms with Crippen LogP contribution in [0, 0.1) is 11.3 Å². The molecule has 0 atom stereocenters. The van der Waals surface area contributed by atoms with Gasteiger partial charge in [-0.05, 0) is 49.7 Å². The first-order chi connectivity index (χ1) is 12.8. The largest absolute Gasteiger partial charge is 0.492 e. The van der Waals surface area contributed by atoms with E-state index in [-0.39, 0.29) is 0 Å². The van der Waals surface area contributed by atoms with Crippen molar-refractivity contribution >= 4 is 11.0 Å². The van der Waals surface area contributed by atoms with Crippen LogP contribution < -0.4 is 4.74 Å². The third-order valence-corrected chi connectivity index (χ3v) is 4.94.